The Morgan fingerprint density at radius 1 is 1.10 bits per heavy atom. The van der Waals surface area contributed by atoms with E-state index >= 15 is 0 Å². The summed E-state index contributed by atoms with van der Waals surface area (Å²) in [7, 11) is 2.10. The van der Waals surface area contributed by atoms with Crippen LogP contribution in [0.3, 0.4) is 0 Å². The summed E-state index contributed by atoms with van der Waals surface area (Å²) in [5.41, 5.74) is 2.33. The molecule has 29 heavy (non-hydrogen) atoms. The summed E-state index contributed by atoms with van der Waals surface area (Å²) < 4.78 is 0. The van der Waals surface area contributed by atoms with E-state index in [9.17, 15) is 15.0 Å². The summed E-state index contributed by atoms with van der Waals surface area (Å²) in [6, 6.07) is 13.1. The Balaban J connectivity index is 1.93. The third-order valence-electron chi connectivity index (χ3n) is 5.69. The van der Waals surface area contributed by atoms with E-state index in [2.05, 4.69) is 21.8 Å². The number of fused-ring (bicyclic) bond motifs is 1. The lowest BCUT2D eigenvalue weighted by Gasteiger charge is -2.39. The summed E-state index contributed by atoms with van der Waals surface area (Å²) in [5, 5.41) is 22.4. The van der Waals surface area contributed by atoms with Gasteiger partial charge in [-0.2, -0.15) is 0 Å². The van der Waals surface area contributed by atoms with Gasteiger partial charge in [0.15, 0.2) is 0 Å². The Labute approximate surface area is 170 Å². The number of hydrogen-bond donors (Lipinski definition) is 2. The highest BCUT2D eigenvalue weighted by Crippen LogP contribution is 2.41. The number of likely N-dealkylation sites (N-methyl/N-ethyl adjacent to an activating group) is 1. The highest BCUT2D eigenvalue weighted by atomic mass is 16.4. The molecule has 0 spiro atoms. The number of aromatic hydroxyl groups is 1. The Morgan fingerprint density at radius 3 is 2.48 bits per heavy atom. The van der Waals surface area contributed by atoms with Gasteiger partial charge in [-0.25, -0.2) is 0 Å². The van der Waals surface area contributed by atoms with E-state index in [4.69, 9.17) is 0 Å². The number of pyridine rings is 1. The lowest BCUT2D eigenvalue weighted by Crippen LogP contribution is -2.46. The smallest absolute Gasteiger partial charge is 0.307 e. The van der Waals surface area contributed by atoms with Crippen LogP contribution in [0.15, 0.2) is 54.9 Å². The predicted octanol–water partition coefficient (Wildman–Crippen LogP) is 2.90. The van der Waals surface area contributed by atoms with Crippen LogP contribution in [0.1, 0.15) is 22.7 Å². The number of carbonyl (C=O) groups is 1. The van der Waals surface area contributed by atoms with Crippen LogP contribution in [-0.2, 0) is 11.2 Å². The number of hydrogen-bond acceptors (Lipinski definition) is 5. The van der Waals surface area contributed by atoms with E-state index in [1.54, 1.807) is 12.4 Å². The molecule has 2 heterocycles. The van der Waals surface area contributed by atoms with Gasteiger partial charge in [0.1, 0.15) is 5.75 Å². The van der Waals surface area contributed by atoms with Crippen molar-refractivity contribution in [3.8, 4) is 5.75 Å². The van der Waals surface area contributed by atoms with Gasteiger partial charge in [0, 0.05) is 49.5 Å². The van der Waals surface area contributed by atoms with Gasteiger partial charge in [0.2, 0.25) is 0 Å². The van der Waals surface area contributed by atoms with Crippen LogP contribution in [0.4, 0.5) is 0 Å². The lowest BCUT2D eigenvalue weighted by molar-refractivity contribution is -0.136. The number of carboxylic acid groups (broad SMARTS) is 1. The Morgan fingerprint density at radius 2 is 1.79 bits per heavy atom. The third kappa shape index (κ3) is 3.95. The fraction of sp³-hybridized carbons (Fsp3) is 0.304. The fourth-order valence-electron chi connectivity index (χ4n) is 4.20. The van der Waals surface area contributed by atoms with Crippen molar-refractivity contribution in [3.63, 3.8) is 0 Å². The number of benzene rings is 2. The minimum absolute atomic E-state index is 0.136. The summed E-state index contributed by atoms with van der Waals surface area (Å²) in [6.07, 6.45) is 3.35. The normalized spacial score (nSPS) is 16.7. The van der Waals surface area contributed by atoms with E-state index in [1.165, 1.54) is 0 Å². The topological polar surface area (TPSA) is 76.9 Å². The molecule has 1 saturated heterocycles. The van der Waals surface area contributed by atoms with Gasteiger partial charge in [-0.15, -0.1) is 0 Å². The molecule has 0 aliphatic carbocycles. The number of nitrogens with zero attached hydrogens (tertiary/aromatic N) is 3. The van der Waals surface area contributed by atoms with Gasteiger partial charge in [-0.1, -0.05) is 24.3 Å². The van der Waals surface area contributed by atoms with Crippen molar-refractivity contribution in [1.82, 2.24) is 14.8 Å². The summed E-state index contributed by atoms with van der Waals surface area (Å²) in [4.78, 5) is 20.4. The number of phenols is 1. The first kappa shape index (κ1) is 19.4. The average molecular weight is 391 g/mol. The number of aromatic nitrogens is 1. The molecular weight excluding hydrogens is 366 g/mol. The molecular formula is C23H25N3O3. The van der Waals surface area contributed by atoms with Gasteiger partial charge in [0.25, 0.3) is 0 Å². The molecule has 6 heteroatoms. The number of phenolic OH excluding ortho intramolecular Hbond substituents is 1. The summed E-state index contributed by atoms with van der Waals surface area (Å²) in [5.74, 6) is -0.743. The molecule has 0 saturated carbocycles. The van der Waals surface area contributed by atoms with Crippen LogP contribution in [0, 0.1) is 0 Å². The Bertz CT molecular complexity index is 1010. The molecule has 2 N–H and O–H groups in total. The SMILES string of the molecule is CN1CCN(C(c2ccncc2)c2c(CC(=O)O)cc3ccccc3c2O)CC1. The van der Waals surface area contributed by atoms with Crippen LogP contribution in [-0.4, -0.2) is 64.2 Å². The second-order valence-corrected chi connectivity index (χ2v) is 7.61. The molecule has 0 radical (unpaired) electrons. The van der Waals surface area contributed by atoms with Gasteiger partial charge in [-0.3, -0.25) is 14.7 Å². The van der Waals surface area contributed by atoms with Crippen LogP contribution in [0.2, 0.25) is 0 Å². The molecule has 1 atom stereocenters. The zero-order valence-electron chi connectivity index (χ0n) is 16.5. The molecule has 1 aliphatic rings. The first-order valence-electron chi connectivity index (χ1n) is 9.82. The molecule has 1 unspecified atom stereocenters. The van der Waals surface area contributed by atoms with Gasteiger partial charge >= 0.3 is 5.97 Å². The first-order valence-corrected chi connectivity index (χ1v) is 9.82. The van der Waals surface area contributed by atoms with Crippen molar-refractivity contribution in [2.75, 3.05) is 33.2 Å². The fourth-order valence-corrected chi connectivity index (χ4v) is 4.20. The number of rotatable bonds is 5. The predicted molar refractivity (Wildman–Crippen MR) is 112 cm³/mol. The van der Waals surface area contributed by atoms with E-state index < -0.39 is 5.97 Å². The van der Waals surface area contributed by atoms with Gasteiger partial charge in [-0.05, 0) is 41.8 Å². The minimum Gasteiger partial charge on any atom is -0.507 e. The quantitative estimate of drug-likeness (QED) is 0.696. The van der Waals surface area contributed by atoms with Crippen LogP contribution in [0.25, 0.3) is 10.8 Å². The van der Waals surface area contributed by atoms with Crippen LogP contribution < -0.4 is 0 Å². The van der Waals surface area contributed by atoms with Crippen molar-refractivity contribution in [2.24, 2.45) is 0 Å². The van der Waals surface area contributed by atoms with E-state index in [0.717, 1.165) is 42.5 Å². The first-order chi connectivity index (χ1) is 14.0. The van der Waals surface area contributed by atoms with Crippen molar-refractivity contribution >= 4 is 16.7 Å². The lowest BCUT2D eigenvalue weighted by atomic mass is 9.88. The molecule has 6 nitrogen and oxygen atoms in total. The number of aliphatic carboxylic acids is 1. The van der Waals surface area contributed by atoms with E-state index in [1.807, 2.05) is 42.5 Å². The van der Waals surface area contributed by atoms with Crippen LogP contribution in [0.5, 0.6) is 5.75 Å². The Kier molecular flexibility index (Phi) is 5.47. The molecule has 1 fully saturated rings. The standard InChI is InChI=1S/C23H25N3O3/c1-25-10-12-26(13-11-25)22(16-6-8-24-9-7-16)21-18(15-20(27)28)14-17-4-2-3-5-19(17)23(21)29/h2-9,14,22,29H,10-13,15H2,1H3,(H,27,28). The molecule has 150 valence electrons. The number of carboxylic acids is 1. The maximum Gasteiger partial charge on any atom is 0.307 e. The van der Waals surface area contributed by atoms with Crippen LogP contribution >= 0.6 is 0 Å². The van der Waals surface area contributed by atoms with Crippen molar-refractivity contribution in [3.05, 3.63) is 71.5 Å². The van der Waals surface area contributed by atoms with E-state index in [0.29, 0.717) is 11.1 Å². The molecule has 0 bridgehead atoms. The molecule has 4 rings (SSSR count). The summed E-state index contributed by atoms with van der Waals surface area (Å²) in [6.45, 7) is 3.51. The third-order valence-corrected chi connectivity index (χ3v) is 5.69. The molecule has 2 aromatic carbocycles. The second kappa shape index (κ2) is 8.19. The molecule has 0 amide bonds. The zero-order valence-corrected chi connectivity index (χ0v) is 16.5. The van der Waals surface area contributed by atoms with Gasteiger partial charge < -0.3 is 15.1 Å². The summed E-state index contributed by atoms with van der Waals surface area (Å²) >= 11 is 0. The Hall–Kier alpha value is -2.96. The van der Waals surface area contributed by atoms with Crippen molar-refractivity contribution < 1.29 is 15.0 Å². The monoisotopic (exact) mass is 391 g/mol. The highest BCUT2D eigenvalue weighted by Gasteiger charge is 2.30. The second-order valence-electron chi connectivity index (χ2n) is 7.61. The largest absolute Gasteiger partial charge is 0.507 e. The molecule has 3 aromatic rings. The van der Waals surface area contributed by atoms with Crippen molar-refractivity contribution in [1.29, 1.82) is 0 Å². The molecule has 1 aromatic heterocycles. The van der Waals surface area contributed by atoms with E-state index in [-0.39, 0.29) is 18.2 Å². The minimum atomic E-state index is -0.909. The maximum absolute atomic E-state index is 11.6. The average Bonchev–Trinajstić information content (AvgIpc) is 2.72. The highest BCUT2D eigenvalue weighted by molar-refractivity contribution is 5.91. The number of piperazine rings is 1. The van der Waals surface area contributed by atoms with Gasteiger partial charge in [0.05, 0.1) is 12.5 Å². The zero-order chi connectivity index (χ0) is 20.4. The maximum atomic E-state index is 11.6. The molecule has 1 aliphatic heterocycles. The van der Waals surface area contributed by atoms with Crippen molar-refractivity contribution in [2.45, 2.75) is 12.5 Å².